The van der Waals surface area contributed by atoms with Crippen molar-refractivity contribution in [1.29, 1.82) is 0 Å². The van der Waals surface area contributed by atoms with Crippen LogP contribution < -0.4 is 10.1 Å². The summed E-state index contributed by atoms with van der Waals surface area (Å²) in [6.45, 7) is 8.14. The molecule has 1 heterocycles. The monoisotopic (exact) mass is 430 g/mol. The summed E-state index contributed by atoms with van der Waals surface area (Å²) in [4.78, 5) is 13.3. The number of nitrogens with one attached hydrogen (secondary N) is 1. The van der Waals surface area contributed by atoms with Crippen molar-refractivity contribution >= 4 is 21.6 Å². The van der Waals surface area contributed by atoms with Crippen LogP contribution in [0.25, 0.3) is 0 Å². The summed E-state index contributed by atoms with van der Waals surface area (Å²) in [5, 5.41) is 2.93. The first-order chi connectivity index (χ1) is 14.1. The largest absolute Gasteiger partial charge is 0.495 e. The molecule has 0 spiro atoms. The topological polar surface area (TPSA) is 75.7 Å². The summed E-state index contributed by atoms with van der Waals surface area (Å²) < 4.78 is 33.6. The van der Waals surface area contributed by atoms with Gasteiger partial charge in [-0.25, -0.2) is 8.42 Å². The van der Waals surface area contributed by atoms with Gasteiger partial charge in [-0.05, 0) is 69.4 Å². The second-order valence-corrected chi connectivity index (χ2v) is 10.00. The normalized spacial score (nSPS) is 17.6. The van der Waals surface area contributed by atoms with Crippen LogP contribution in [-0.4, -0.2) is 38.8 Å². The number of carbonyl (C=O) groups is 1. The first kappa shape index (κ1) is 22.3. The van der Waals surface area contributed by atoms with Gasteiger partial charge in [-0.15, -0.1) is 0 Å². The predicted octanol–water partition coefficient (Wildman–Crippen LogP) is 3.97. The lowest BCUT2D eigenvalue weighted by atomic mass is 9.98. The zero-order valence-electron chi connectivity index (χ0n) is 18.3. The summed E-state index contributed by atoms with van der Waals surface area (Å²) in [6, 6.07) is 9.35. The first-order valence-electron chi connectivity index (χ1n) is 10.2. The molecule has 0 radical (unpaired) electrons. The molecule has 2 aromatic carbocycles. The number of hydrogen-bond donors (Lipinski definition) is 1. The van der Waals surface area contributed by atoms with Gasteiger partial charge in [-0.1, -0.05) is 23.8 Å². The first-order valence-corrected chi connectivity index (χ1v) is 11.6. The maximum atomic E-state index is 13.4. The maximum Gasteiger partial charge on any atom is 0.243 e. The van der Waals surface area contributed by atoms with Gasteiger partial charge in [0.25, 0.3) is 0 Å². The van der Waals surface area contributed by atoms with Gasteiger partial charge in [0.15, 0.2) is 0 Å². The fourth-order valence-corrected chi connectivity index (χ4v) is 6.17. The van der Waals surface area contributed by atoms with E-state index in [4.69, 9.17) is 4.74 Å². The Morgan fingerprint density at radius 1 is 1.07 bits per heavy atom. The minimum Gasteiger partial charge on any atom is -0.495 e. The van der Waals surface area contributed by atoms with Crippen molar-refractivity contribution < 1.29 is 17.9 Å². The van der Waals surface area contributed by atoms with Crippen LogP contribution in [0.3, 0.4) is 0 Å². The van der Waals surface area contributed by atoms with Crippen LogP contribution in [-0.2, 0) is 14.8 Å². The van der Waals surface area contributed by atoms with Gasteiger partial charge in [-0.2, -0.15) is 4.31 Å². The number of methoxy groups -OCH3 is 1. The molecular formula is C23H30N2O4S. The molecule has 7 heteroatoms. The van der Waals surface area contributed by atoms with Crippen molar-refractivity contribution in [3.05, 3.63) is 52.6 Å². The minimum atomic E-state index is -3.67. The van der Waals surface area contributed by atoms with Crippen molar-refractivity contribution in [2.24, 2.45) is 5.92 Å². The van der Waals surface area contributed by atoms with E-state index < -0.39 is 15.9 Å². The number of rotatable bonds is 5. The molecule has 0 aromatic heterocycles. The average molecular weight is 431 g/mol. The highest BCUT2D eigenvalue weighted by Crippen LogP contribution is 2.30. The summed E-state index contributed by atoms with van der Waals surface area (Å²) in [5.41, 5.74) is 4.12. The zero-order chi connectivity index (χ0) is 22.1. The lowest BCUT2D eigenvalue weighted by Gasteiger charge is -2.32. The highest BCUT2D eigenvalue weighted by Gasteiger charge is 2.35. The Bertz CT molecular complexity index is 1040. The van der Waals surface area contributed by atoms with E-state index in [-0.39, 0.29) is 12.5 Å². The van der Waals surface area contributed by atoms with E-state index in [1.54, 1.807) is 7.11 Å². The van der Waals surface area contributed by atoms with E-state index in [1.807, 2.05) is 58.0 Å². The van der Waals surface area contributed by atoms with Crippen molar-refractivity contribution in [3.8, 4) is 5.75 Å². The van der Waals surface area contributed by atoms with E-state index in [0.29, 0.717) is 35.7 Å². The fourth-order valence-electron chi connectivity index (χ4n) is 4.23. The number of carbonyl (C=O) groups excluding carboxylic acids is 1. The molecule has 0 bridgehead atoms. The third-order valence-corrected chi connectivity index (χ3v) is 7.74. The van der Waals surface area contributed by atoms with Crippen molar-refractivity contribution in [1.82, 2.24) is 4.31 Å². The van der Waals surface area contributed by atoms with Gasteiger partial charge in [0.2, 0.25) is 15.9 Å². The Labute approximate surface area is 179 Å². The molecule has 162 valence electrons. The Balaban J connectivity index is 1.82. The number of hydrogen-bond acceptors (Lipinski definition) is 4. The fraction of sp³-hybridized carbons (Fsp3) is 0.435. The Morgan fingerprint density at radius 2 is 1.73 bits per heavy atom. The Kier molecular flexibility index (Phi) is 6.53. The van der Waals surface area contributed by atoms with E-state index >= 15 is 0 Å². The SMILES string of the molecule is COc1ccc(C)cc1NC(=O)[C@@H]1CCCN(S(=O)(=O)c2c(C)cc(C)cc2C)C1. The lowest BCUT2D eigenvalue weighted by molar-refractivity contribution is -0.120. The Morgan fingerprint density at radius 3 is 2.37 bits per heavy atom. The standard InChI is InChI=1S/C23H30N2O4S/c1-15-8-9-21(29-5)20(13-15)24-23(26)19-7-6-10-25(14-19)30(27,28)22-17(3)11-16(2)12-18(22)4/h8-9,11-13,19H,6-7,10,14H2,1-5H3,(H,24,26)/t19-/m1/s1. The molecular weight excluding hydrogens is 400 g/mol. The van der Waals surface area contributed by atoms with Gasteiger partial charge in [0, 0.05) is 13.1 Å². The van der Waals surface area contributed by atoms with Gasteiger partial charge < -0.3 is 10.1 Å². The number of sulfonamides is 1. The van der Waals surface area contributed by atoms with Crippen molar-refractivity contribution in [3.63, 3.8) is 0 Å². The molecule has 1 N–H and O–H groups in total. The molecule has 30 heavy (non-hydrogen) atoms. The zero-order valence-corrected chi connectivity index (χ0v) is 19.1. The van der Waals surface area contributed by atoms with Gasteiger partial charge in [0.1, 0.15) is 5.75 Å². The predicted molar refractivity (Wildman–Crippen MR) is 118 cm³/mol. The summed E-state index contributed by atoms with van der Waals surface area (Å²) >= 11 is 0. The molecule has 2 aromatic rings. The van der Waals surface area contributed by atoms with Gasteiger partial charge in [-0.3, -0.25) is 4.79 Å². The lowest BCUT2D eigenvalue weighted by Crippen LogP contribution is -2.44. The molecule has 0 saturated carbocycles. The molecule has 1 fully saturated rings. The Hall–Kier alpha value is -2.38. The molecule has 6 nitrogen and oxygen atoms in total. The van der Waals surface area contributed by atoms with Crippen molar-refractivity contribution in [2.75, 3.05) is 25.5 Å². The number of amides is 1. The molecule has 0 unspecified atom stereocenters. The maximum absolute atomic E-state index is 13.4. The third kappa shape index (κ3) is 4.52. The third-order valence-electron chi connectivity index (χ3n) is 5.57. The molecule has 1 aliphatic heterocycles. The number of anilines is 1. The number of nitrogens with zero attached hydrogens (tertiary/aromatic N) is 1. The van der Waals surface area contributed by atoms with Gasteiger partial charge in [0.05, 0.1) is 23.6 Å². The quantitative estimate of drug-likeness (QED) is 0.779. The van der Waals surface area contributed by atoms with E-state index in [1.165, 1.54) is 4.31 Å². The van der Waals surface area contributed by atoms with Crippen LogP contribution in [0.15, 0.2) is 35.2 Å². The summed E-state index contributed by atoms with van der Waals surface area (Å²) in [6.07, 6.45) is 1.30. The van der Waals surface area contributed by atoms with Crippen LogP contribution in [0.1, 0.15) is 35.1 Å². The molecule has 1 saturated heterocycles. The van der Waals surface area contributed by atoms with Crippen molar-refractivity contribution in [2.45, 2.75) is 45.4 Å². The number of aryl methyl sites for hydroxylation is 4. The van der Waals surface area contributed by atoms with Crippen LogP contribution in [0.4, 0.5) is 5.69 Å². The van der Waals surface area contributed by atoms with Crippen LogP contribution in [0.5, 0.6) is 5.75 Å². The van der Waals surface area contributed by atoms with Crippen LogP contribution in [0.2, 0.25) is 0 Å². The summed E-state index contributed by atoms with van der Waals surface area (Å²) in [5.74, 6) is -0.0129. The highest BCUT2D eigenvalue weighted by molar-refractivity contribution is 7.89. The number of piperidine rings is 1. The van der Waals surface area contributed by atoms with Crippen LogP contribution in [0, 0.1) is 33.6 Å². The molecule has 1 aliphatic rings. The van der Waals surface area contributed by atoms with E-state index in [9.17, 15) is 13.2 Å². The molecule has 1 amide bonds. The second-order valence-electron chi connectivity index (χ2n) is 8.12. The van der Waals surface area contributed by atoms with Crippen LogP contribution >= 0.6 is 0 Å². The summed E-state index contributed by atoms with van der Waals surface area (Å²) in [7, 11) is -2.11. The molecule has 1 atom stereocenters. The number of ether oxygens (including phenoxy) is 1. The minimum absolute atomic E-state index is 0.176. The van der Waals surface area contributed by atoms with Gasteiger partial charge >= 0.3 is 0 Å². The highest BCUT2D eigenvalue weighted by atomic mass is 32.2. The number of benzene rings is 2. The van der Waals surface area contributed by atoms with E-state index in [0.717, 1.165) is 22.3 Å². The molecule has 3 rings (SSSR count). The smallest absolute Gasteiger partial charge is 0.243 e. The second kappa shape index (κ2) is 8.78. The van der Waals surface area contributed by atoms with E-state index in [2.05, 4.69) is 5.32 Å². The molecule has 0 aliphatic carbocycles. The average Bonchev–Trinajstić information content (AvgIpc) is 2.67.